The zero-order valence-corrected chi connectivity index (χ0v) is 8.46. The number of rotatable bonds is 2. The molecular weight excluding hydrogens is 193 g/mol. The van der Waals surface area contributed by atoms with Crippen LogP contribution in [0.4, 0.5) is 0 Å². The smallest absolute Gasteiger partial charge is 0.241 e. The zero-order valence-electron chi connectivity index (χ0n) is 5.85. The lowest BCUT2D eigenvalue weighted by molar-refractivity contribution is 0.152. The molecule has 0 amide bonds. The third-order valence-electron chi connectivity index (χ3n) is 0.405. The minimum absolute atomic E-state index is 0.597. The molecule has 0 saturated heterocycles. The van der Waals surface area contributed by atoms with Crippen LogP contribution in [-0.2, 0) is 21.2 Å². The first-order chi connectivity index (χ1) is 4.47. The van der Waals surface area contributed by atoms with Crippen LogP contribution in [0.1, 0.15) is 6.92 Å². The summed E-state index contributed by atoms with van der Waals surface area (Å²) in [5.41, 5.74) is -2.62. The Labute approximate surface area is 71.0 Å². The van der Waals surface area contributed by atoms with Crippen LogP contribution >= 0.6 is 17.9 Å². The van der Waals surface area contributed by atoms with E-state index in [1.807, 2.05) is 6.92 Å². The molecule has 1 unspecified atom stereocenters. The summed E-state index contributed by atoms with van der Waals surface area (Å²) in [4.78, 5) is 12.4. The van der Waals surface area contributed by atoms with Crippen molar-refractivity contribution in [2.24, 2.45) is 5.90 Å². The van der Waals surface area contributed by atoms with Gasteiger partial charge < -0.3 is 14.3 Å². The highest BCUT2D eigenvalue weighted by atomic mass is 32.9. The Hall–Kier alpha value is 0.840. The lowest BCUT2D eigenvalue weighted by Crippen LogP contribution is -1.94. The van der Waals surface area contributed by atoms with Crippen molar-refractivity contribution in [3.05, 3.63) is 0 Å². The first-order valence-electron chi connectivity index (χ1n) is 2.40. The molecule has 0 fully saturated rings. The van der Waals surface area contributed by atoms with Gasteiger partial charge in [0.25, 0.3) is 0 Å². The minimum Gasteiger partial charge on any atom is -0.338 e. The summed E-state index contributed by atoms with van der Waals surface area (Å²) < 4.78 is 4.28. The van der Waals surface area contributed by atoms with Gasteiger partial charge in [0.15, 0.2) is 0 Å². The highest BCUT2D eigenvalue weighted by Gasteiger charge is 1.97. The highest BCUT2D eigenvalue weighted by molar-refractivity contribution is 8.59. The maximum Gasteiger partial charge on any atom is 0.241 e. The quantitative estimate of drug-likeness (QED) is 0.351. The second kappa shape index (κ2) is 7.94. The van der Waals surface area contributed by atoms with Crippen LogP contribution in [0.5, 0.6) is 0 Å². The molecule has 0 aliphatic carbocycles. The van der Waals surface area contributed by atoms with Crippen LogP contribution in [0.25, 0.3) is 0 Å². The summed E-state index contributed by atoms with van der Waals surface area (Å²) in [6.45, 7) is 2.43. The predicted octanol–water partition coefficient (Wildman–Crippen LogP) is 0.676. The maximum atomic E-state index is 8.39. The van der Waals surface area contributed by atoms with Gasteiger partial charge in [0.05, 0.1) is 6.61 Å². The zero-order chi connectivity index (χ0) is 8.62. The molecule has 0 radical (unpaired) electrons. The van der Waals surface area contributed by atoms with Gasteiger partial charge in [-0.05, 0) is 18.7 Å². The van der Waals surface area contributed by atoms with E-state index in [9.17, 15) is 0 Å². The third-order valence-corrected chi connectivity index (χ3v) is 1.82. The standard InChI is InChI=1S/C2H7NO.CH5O2PS2/c1-2-4-3;1-3-4(2,5)6/h2-3H2,1H3;1H3,(H2,2,5,6). The van der Waals surface area contributed by atoms with Gasteiger partial charge in [-0.2, -0.15) is 0 Å². The molecule has 3 N–H and O–H groups in total. The van der Waals surface area contributed by atoms with Crippen molar-refractivity contribution in [3.63, 3.8) is 0 Å². The van der Waals surface area contributed by atoms with Gasteiger partial charge in [-0.1, -0.05) is 12.2 Å². The molecule has 0 aliphatic heterocycles. The van der Waals surface area contributed by atoms with Crippen molar-refractivity contribution in [1.29, 1.82) is 0 Å². The Kier molecular flexibility index (Phi) is 10.7. The molecule has 0 aliphatic rings. The Morgan fingerprint density at radius 1 is 1.80 bits per heavy atom. The number of nitrogens with two attached hydrogens (primary N) is 1. The first kappa shape index (κ1) is 13.4. The van der Waals surface area contributed by atoms with Crippen LogP contribution in [0, 0.1) is 0 Å². The molecule has 0 saturated carbocycles. The molecule has 0 heterocycles. The Morgan fingerprint density at radius 2 is 2.00 bits per heavy atom. The van der Waals surface area contributed by atoms with Crippen molar-refractivity contribution in [2.75, 3.05) is 13.7 Å². The van der Waals surface area contributed by atoms with Gasteiger partial charge in [-0.25, -0.2) is 5.90 Å². The molecule has 0 aromatic carbocycles. The summed E-state index contributed by atoms with van der Waals surface area (Å²) in [5.74, 6) is 4.53. The first-order valence-corrected chi connectivity index (χ1v) is 6.23. The van der Waals surface area contributed by atoms with E-state index >= 15 is 0 Å². The summed E-state index contributed by atoms with van der Waals surface area (Å²) in [6.07, 6.45) is 0. The Bertz CT molecular complexity index is 104. The molecule has 0 spiro atoms. The fourth-order valence-corrected chi connectivity index (χ4v) is 0. The van der Waals surface area contributed by atoms with Gasteiger partial charge in [0.2, 0.25) is 5.69 Å². The average molecular weight is 205 g/mol. The SMILES string of the molecule is CCON.COP(O)(=S)S. The lowest BCUT2D eigenvalue weighted by Gasteiger charge is -1.99. The molecule has 7 heteroatoms. The van der Waals surface area contributed by atoms with Crippen LogP contribution in [0.3, 0.4) is 0 Å². The second-order valence-electron chi connectivity index (χ2n) is 1.13. The third kappa shape index (κ3) is 23.2. The highest BCUT2D eigenvalue weighted by Crippen LogP contribution is 2.45. The van der Waals surface area contributed by atoms with Crippen molar-refractivity contribution in [2.45, 2.75) is 6.92 Å². The van der Waals surface area contributed by atoms with Crippen molar-refractivity contribution < 1.29 is 14.3 Å². The van der Waals surface area contributed by atoms with Gasteiger partial charge >= 0.3 is 0 Å². The molecule has 1 atom stereocenters. The van der Waals surface area contributed by atoms with Gasteiger partial charge in [0.1, 0.15) is 0 Å². The molecule has 64 valence electrons. The summed E-state index contributed by atoms with van der Waals surface area (Å²) >= 11 is 7.81. The number of hydrogen-bond acceptors (Lipinski definition) is 4. The lowest BCUT2D eigenvalue weighted by atomic mass is 10.9. The number of thiol groups is 1. The molecule has 0 bridgehead atoms. The van der Waals surface area contributed by atoms with Gasteiger partial charge in [-0.3, -0.25) is 0 Å². The van der Waals surface area contributed by atoms with E-state index < -0.39 is 5.69 Å². The largest absolute Gasteiger partial charge is 0.338 e. The van der Waals surface area contributed by atoms with E-state index in [2.05, 4.69) is 39.3 Å². The Morgan fingerprint density at radius 3 is 2.00 bits per heavy atom. The summed E-state index contributed by atoms with van der Waals surface area (Å²) in [6, 6.07) is 0. The summed E-state index contributed by atoms with van der Waals surface area (Å²) in [7, 11) is 1.33. The number of hydrogen-bond donors (Lipinski definition) is 3. The van der Waals surface area contributed by atoms with E-state index in [4.69, 9.17) is 4.89 Å². The van der Waals surface area contributed by atoms with Crippen molar-refractivity contribution >= 4 is 29.7 Å². The van der Waals surface area contributed by atoms with Crippen LogP contribution in [-0.4, -0.2) is 18.6 Å². The fourth-order valence-electron chi connectivity index (χ4n) is 0. The van der Waals surface area contributed by atoms with E-state index in [-0.39, 0.29) is 0 Å². The summed E-state index contributed by atoms with van der Waals surface area (Å²) in [5, 5.41) is 0. The van der Waals surface area contributed by atoms with Gasteiger partial charge in [0, 0.05) is 7.11 Å². The van der Waals surface area contributed by atoms with Crippen molar-refractivity contribution in [1.82, 2.24) is 0 Å². The maximum absolute atomic E-state index is 8.39. The van der Waals surface area contributed by atoms with Crippen molar-refractivity contribution in [3.8, 4) is 0 Å². The predicted molar refractivity (Wildman–Crippen MR) is 48.3 cm³/mol. The second-order valence-corrected chi connectivity index (χ2v) is 6.40. The fraction of sp³-hybridized carbons (Fsp3) is 1.00. The van der Waals surface area contributed by atoms with Gasteiger partial charge in [-0.15, -0.1) is 0 Å². The molecule has 0 aromatic heterocycles. The van der Waals surface area contributed by atoms with E-state index in [1.165, 1.54) is 7.11 Å². The topological polar surface area (TPSA) is 64.7 Å². The molecule has 0 rings (SSSR count). The van der Waals surface area contributed by atoms with Crippen LogP contribution < -0.4 is 5.90 Å². The molecular formula is C3H12NO3PS2. The monoisotopic (exact) mass is 205 g/mol. The normalized spacial score (nSPS) is 14.9. The minimum atomic E-state index is -2.62. The molecule has 4 nitrogen and oxygen atoms in total. The Balaban J connectivity index is 0. The molecule has 0 aromatic rings. The van der Waals surface area contributed by atoms with E-state index in [0.717, 1.165) is 0 Å². The van der Waals surface area contributed by atoms with Crippen LogP contribution in [0.2, 0.25) is 0 Å². The van der Waals surface area contributed by atoms with E-state index in [0.29, 0.717) is 6.61 Å². The molecule has 10 heavy (non-hydrogen) atoms. The van der Waals surface area contributed by atoms with E-state index in [1.54, 1.807) is 0 Å². The van der Waals surface area contributed by atoms with Crippen LogP contribution in [0.15, 0.2) is 0 Å². The average Bonchev–Trinajstić information content (AvgIpc) is 1.87.